The average Bonchev–Trinajstić information content (AvgIpc) is 2.51. The Bertz CT molecular complexity index is 599. The van der Waals surface area contributed by atoms with Crippen LogP contribution in [0.25, 0.3) is 0 Å². The molecule has 0 aliphatic rings. The largest absolute Gasteiger partial charge is 0.471 e. The molecule has 0 amide bonds. The molecule has 1 unspecified atom stereocenters. The summed E-state index contributed by atoms with van der Waals surface area (Å²) in [7, 11) is 0. The highest BCUT2D eigenvalue weighted by molar-refractivity contribution is 5.35. The van der Waals surface area contributed by atoms with Crippen LogP contribution in [0.1, 0.15) is 25.0 Å². The lowest BCUT2D eigenvalue weighted by molar-refractivity contribution is 0.0627. The molecule has 0 bridgehead atoms. The summed E-state index contributed by atoms with van der Waals surface area (Å²) in [4.78, 5) is 0. The van der Waals surface area contributed by atoms with Gasteiger partial charge in [-0.05, 0) is 51.0 Å². The smallest absolute Gasteiger partial charge is 0.239 e. The quantitative estimate of drug-likeness (QED) is 0.780. The second-order valence-corrected chi connectivity index (χ2v) is 5.15. The highest BCUT2D eigenvalue weighted by Crippen LogP contribution is 2.22. The van der Waals surface area contributed by atoms with Crippen molar-refractivity contribution in [2.24, 2.45) is 0 Å². The number of hydrogen-bond donors (Lipinski definition) is 0. The molecule has 0 N–H and O–H groups in total. The van der Waals surface area contributed by atoms with Crippen molar-refractivity contribution in [3.05, 3.63) is 41.5 Å². The Labute approximate surface area is 131 Å². The third-order valence-electron chi connectivity index (χ3n) is 3.20. The van der Waals surface area contributed by atoms with Crippen LogP contribution in [0.5, 0.6) is 17.5 Å². The van der Waals surface area contributed by atoms with Gasteiger partial charge in [0.05, 0.1) is 6.61 Å². The zero-order valence-electron chi connectivity index (χ0n) is 13.5. The van der Waals surface area contributed by atoms with Gasteiger partial charge >= 0.3 is 0 Å². The molecule has 22 heavy (non-hydrogen) atoms. The summed E-state index contributed by atoms with van der Waals surface area (Å²) >= 11 is 0. The van der Waals surface area contributed by atoms with Crippen molar-refractivity contribution in [2.75, 3.05) is 13.2 Å². The molecule has 5 heteroatoms. The lowest BCUT2D eigenvalue weighted by Crippen LogP contribution is -2.19. The fourth-order valence-electron chi connectivity index (χ4n) is 1.85. The highest BCUT2D eigenvalue weighted by atomic mass is 16.5. The average molecular weight is 302 g/mol. The van der Waals surface area contributed by atoms with E-state index >= 15 is 0 Å². The van der Waals surface area contributed by atoms with Gasteiger partial charge in [0.15, 0.2) is 0 Å². The molecule has 0 aliphatic heterocycles. The molecule has 1 atom stereocenters. The maximum Gasteiger partial charge on any atom is 0.239 e. The minimum atomic E-state index is -0.0687. The number of rotatable bonds is 7. The molecule has 1 heterocycles. The minimum Gasteiger partial charge on any atom is -0.471 e. The third kappa shape index (κ3) is 4.70. The molecule has 5 nitrogen and oxygen atoms in total. The van der Waals surface area contributed by atoms with Crippen molar-refractivity contribution in [1.29, 1.82) is 0 Å². The second-order valence-electron chi connectivity index (χ2n) is 5.15. The molecule has 1 aromatic carbocycles. The minimum absolute atomic E-state index is 0.0687. The van der Waals surface area contributed by atoms with Crippen LogP contribution in [0.2, 0.25) is 0 Å². The zero-order valence-corrected chi connectivity index (χ0v) is 13.5. The van der Waals surface area contributed by atoms with E-state index in [9.17, 15) is 0 Å². The van der Waals surface area contributed by atoms with E-state index in [1.165, 1.54) is 11.1 Å². The van der Waals surface area contributed by atoms with Crippen LogP contribution in [-0.4, -0.2) is 29.5 Å². The Hall–Kier alpha value is -2.14. The Morgan fingerprint density at radius 3 is 2.36 bits per heavy atom. The van der Waals surface area contributed by atoms with Gasteiger partial charge in [0.2, 0.25) is 11.8 Å². The van der Waals surface area contributed by atoms with Gasteiger partial charge in [-0.3, -0.25) is 0 Å². The topological polar surface area (TPSA) is 53.5 Å². The van der Waals surface area contributed by atoms with Crippen LogP contribution in [0.4, 0.5) is 0 Å². The zero-order chi connectivity index (χ0) is 15.9. The highest BCUT2D eigenvalue weighted by Gasteiger charge is 2.07. The van der Waals surface area contributed by atoms with Gasteiger partial charge in [0.1, 0.15) is 11.9 Å². The molecule has 0 saturated carbocycles. The van der Waals surface area contributed by atoms with Crippen LogP contribution in [0.3, 0.4) is 0 Å². The first-order valence-electron chi connectivity index (χ1n) is 7.41. The normalized spacial score (nSPS) is 12.0. The molecule has 0 radical (unpaired) electrons. The first kappa shape index (κ1) is 16.2. The van der Waals surface area contributed by atoms with E-state index in [0.29, 0.717) is 25.0 Å². The van der Waals surface area contributed by atoms with Gasteiger partial charge in [0.25, 0.3) is 0 Å². The third-order valence-corrected chi connectivity index (χ3v) is 3.20. The fraction of sp³-hybridized carbons (Fsp3) is 0.412. The second kappa shape index (κ2) is 7.75. The molecule has 0 aliphatic carbocycles. The molecule has 0 saturated heterocycles. The number of aromatic nitrogens is 2. The Morgan fingerprint density at radius 1 is 1.00 bits per heavy atom. The maximum absolute atomic E-state index is 5.69. The van der Waals surface area contributed by atoms with Gasteiger partial charge in [0, 0.05) is 18.7 Å². The van der Waals surface area contributed by atoms with E-state index in [-0.39, 0.29) is 6.10 Å². The van der Waals surface area contributed by atoms with E-state index in [1.807, 2.05) is 39.0 Å². The molecule has 0 fully saturated rings. The Balaban J connectivity index is 1.95. The Morgan fingerprint density at radius 2 is 1.73 bits per heavy atom. The lowest BCUT2D eigenvalue weighted by atomic mass is 10.1. The molecule has 2 rings (SSSR count). The van der Waals surface area contributed by atoms with Crippen LogP contribution >= 0.6 is 0 Å². The van der Waals surface area contributed by atoms with E-state index < -0.39 is 0 Å². The van der Waals surface area contributed by atoms with Gasteiger partial charge in [-0.25, -0.2) is 0 Å². The first-order valence-corrected chi connectivity index (χ1v) is 7.41. The van der Waals surface area contributed by atoms with Crippen molar-refractivity contribution < 1.29 is 14.2 Å². The van der Waals surface area contributed by atoms with Crippen LogP contribution in [0.15, 0.2) is 30.3 Å². The molecular weight excluding hydrogens is 280 g/mol. The van der Waals surface area contributed by atoms with Gasteiger partial charge in [-0.1, -0.05) is 6.07 Å². The van der Waals surface area contributed by atoms with Crippen molar-refractivity contribution >= 4 is 0 Å². The summed E-state index contributed by atoms with van der Waals surface area (Å²) in [5, 5.41) is 8.03. The van der Waals surface area contributed by atoms with Gasteiger partial charge in [-0.2, -0.15) is 0 Å². The number of aryl methyl sites for hydroxylation is 2. The van der Waals surface area contributed by atoms with Crippen molar-refractivity contribution in [1.82, 2.24) is 10.2 Å². The number of hydrogen-bond acceptors (Lipinski definition) is 5. The molecule has 118 valence electrons. The maximum atomic E-state index is 5.69. The van der Waals surface area contributed by atoms with Crippen molar-refractivity contribution in [2.45, 2.75) is 33.8 Å². The Kier molecular flexibility index (Phi) is 5.72. The predicted octanol–water partition coefficient (Wildman–Crippen LogP) is 3.69. The summed E-state index contributed by atoms with van der Waals surface area (Å²) in [6.45, 7) is 9.18. The van der Waals surface area contributed by atoms with Crippen LogP contribution in [0, 0.1) is 13.8 Å². The first-order chi connectivity index (χ1) is 10.6. The summed E-state index contributed by atoms with van der Waals surface area (Å²) in [6.07, 6.45) is -0.0687. The summed E-state index contributed by atoms with van der Waals surface area (Å²) in [5.41, 5.74) is 2.40. The van der Waals surface area contributed by atoms with Crippen LogP contribution < -0.4 is 9.47 Å². The number of ether oxygens (including phenoxy) is 3. The summed E-state index contributed by atoms with van der Waals surface area (Å²) < 4.78 is 16.6. The van der Waals surface area contributed by atoms with Crippen LogP contribution in [-0.2, 0) is 4.74 Å². The van der Waals surface area contributed by atoms with Crippen molar-refractivity contribution in [3.8, 4) is 17.5 Å². The molecule has 1 aromatic heterocycles. The van der Waals surface area contributed by atoms with Gasteiger partial charge < -0.3 is 14.2 Å². The SMILES string of the molecule is CCOCC(C)Oc1ccc(Oc2ccc(C)c(C)c2)nn1. The summed E-state index contributed by atoms with van der Waals surface area (Å²) in [6, 6.07) is 9.39. The molecular formula is C17H22N2O3. The molecule has 0 spiro atoms. The molecule has 2 aromatic rings. The van der Waals surface area contributed by atoms with Crippen molar-refractivity contribution in [3.63, 3.8) is 0 Å². The predicted molar refractivity (Wildman–Crippen MR) is 84.6 cm³/mol. The fourth-order valence-corrected chi connectivity index (χ4v) is 1.85. The van der Waals surface area contributed by atoms with E-state index in [1.54, 1.807) is 12.1 Å². The number of benzene rings is 1. The van der Waals surface area contributed by atoms with E-state index in [0.717, 1.165) is 5.75 Å². The van der Waals surface area contributed by atoms with E-state index in [2.05, 4.69) is 17.1 Å². The number of nitrogens with zero attached hydrogens (tertiary/aromatic N) is 2. The lowest BCUT2D eigenvalue weighted by Gasteiger charge is -2.13. The summed E-state index contributed by atoms with van der Waals surface area (Å²) in [5.74, 6) is 1.64. The van der Waals surface area contributed by atoms with Gasteiger partial charge in [-0.15, -0.1) is 10.2 Å². The monoisotopic (exact) mass is 302 g/mol. The standard InChI is InChI=1S/C17H22N2O3/c1-5-20-11-14(4)21-16-8-9-17(19-18-16)22-15-7-6-12(2)13(3)10-15/h6-10,14H,5,11H2,1-4H3. The van der Waals surface area contributed by atoms with E-state index in [4.69, 9.17) is 14.2 Å².